The van der Waals surface area contributed by atoms with Crippen molar-refractivity contribution in [3.05, 3.63) is 23.8 Å². The highest BCUT2D eigenvalue weighted by molar-refractivity contribution is 7.88. The third-order valence-corrected chi connectivity index (χ3v) is 4.98. The summed E-state index contributed by atoms with van der Waals surface area (Å²) in [5.41, 5.74) is 0.780. The van der Waals surface area contributed by atoms with Gasteiger partial charge in [0.15, 0.2) is 11.5 Å². The Morgan fingerprint density at radius 2 is 1.92 bits per heavy atom. The highest BCUT2D eigenvalue weighted by atomic mass is 32.2. The van der Waals surface area contributed by atoms with Crippen LogP contribution in [0.5, 0.6) is 11.5 Å². The van der Waals surface area contributed by atoms with Crippen LogP contribution in [0, 0.1) is 0 Å². The molecule has 8 nitrogen and oxygen atoms in total. The molecule has 1 N–H and O–H groups in total. The first-order valence-corrected chi connectivity index (χ1v) is 9.85. The number of hydrogen-bond acceptors (Lipinski definition) is 6. The molecule has 1 heterocycles. The van der Waals surface area contributed by atoms with E-state index >= 15 is 0 Å². The van der Waals surface area contributed by atoms with Crippen molar-refractivity contribution in [1.82, 2.24) is 14.5 Å². The Morgan fingerprint density at radius 1 is 1.20 bits per heavy atom. The van der Waals surface area contributed by atoms with E-state index in [1.165, 1.54) is 4.31 Å². The molecular weight excluding hydrogens is 346 g/mol. The quantitative estimate of drug-likeness (QED) is 0.669. The summed E-state index contributed by atoms with van der Waals surface area (Å²) in [5, 5.41) is 2.78. The maximum Gasteiger partial charge on any atom is 0.231 e. The summed E-state index contributed by atoms with van der Waals surface area (Å²) in [6.07, 6.45) is 1.26. The lowest BCUT2D eigenvalue weighted by Crippen LogP contribution is -2.36. The van der Waals surface area contributed by atoms with Crippen LogP contribution < -0.4 is 14.8 Å². The second-order valence-electron chi connectivity index (χ2n) is 6.19. The van der Waals surface area contributed by atoms with Gasteiger partial charge in [-0.15, -0.1) is 0 Å². The number of benzene rings is 1. The molecule has 1 aromatic rings. The maximum absolute atomic E-state index is 12.0. The van der Waals surface area contributed by atoms with Gasteiger partial charge in [-0.25, -0.2) is 8.42 Å². The fourth-order valence-electron chi connectivity index (χ4n) is 2.34. The standard InChI is InChI=1S/C16H25N3O5S/c1-18(2)9-7-17-16(20)6-8-19(25(3,21)22)11-13-4-5-14-15(10-13)24-12-23-14/h4-5,10H,6-9,11-12H2,1-3H3,(H,17,20). The maximum atomic E-state index is 12.0. The number of likely N-dealkylation sites (N-methyl/N-ethyl adjacent to an activating group) is 1. The van der Waals surface area contributed by atoms with Gasteiger partial charge in [0.05, 0.1) is 6.26 Å². The van der Waals surface area contributed by atoms with Crippen molar-refractivity contribution < 1.29 is 22.7 Å². The molecule has 25 heavy (non-hydrogen) atoms. The molecule has 0 unspecified atom stereocenters. The Morgan fingerprint density at radius 3 is 2.60 bits per heavy atom. The fourth-order valence-corrected chi connectivity index (χ4v) is 3.15. The van der Waals surface area contributed by atoms with Crippen molar-refractivity contribution in [2.24, 2.45) is 0 Å². The Hall–Kier alpha value is -1.84. The highest BCUT2D eigenvalue weighted by Crippen LogP contribution is 2.32. The van der Waals surface area contributed by atoms with Gasteiger partial charge >= 0.3 is 0 Å². The number of rotatable bonds is 9. The number of amides is 1. The molecule has 1 aromatic carbocycles. The van der Waals surface area contributed by atoms with Crippen LogP contribution in [0.2, 0.25) is 0 Å². The summed E-state index contributed by atoms with van der Waals surface area (Å²) >= 11 is 0. The molecular formula is C16H25N3O5S. The Kier molecular flexibility index (Phi) is 6.63. The molecule has 1 aliphatic heterocycles. The molecule has 140 valence electrons. The van der Waals surface area contributed by atoms with Crippen molar-refractivity contribution in [2.45, 2.75) is 13.0 Å². The number of hydrogen-bond donors (Lipinski definition) is 1. The van der Waals surface area contributed by atoms with Gasteiger partial charge in [0.1, 0.15) is 0 Å². The highest BCUT2D eigenvalue weighted by Gasteiger charge is 2.20. The molecule has 0 spiro atoms. The summed E-state index contributed by atoms with van der Waals surface area (Å²) in [6, 6.07) is 5.31. The third-order valence-electron chi connectivity index (χ3n) is 3.73. The lowest BCUT2D eigenvalue weighted by molar-refractivity contribution is -0.121. The van der Waals surface area contributed by atoms with E-state index < -0.39 is 10.0 Å². The number of nitrogens with one attached hydrogen (secondary N) is 1. The lowest BCUT2D eigenvalue weighted by atomic mass is 10.2. The molecule has 0 fully saturated rings. The zero-order valence-corrected chi connectivity index (χ0v) is 15.6. The second kappa shape index (κ2) is 8.50. The largest absolute Gasteiger partial charge is 0.454 e. The summed E-state index contributed by atoms with van der Waals surface area (Å²) in [7, 11) is 0.405. The van der Waals surface area contributed by atoms with E-state index in [0.29, 0.717) is 18.0 Å². The van der Waals surface area contributed by atoms with E-state index in [1.807, 2.05) is 19.0 Å². The van der Waals surface area contributed by atoms with Gasteiger partial charge in [-0.1, -0.05) is 6.07 Å². The van der Waals surface area contributed by atoms with Gasteiger partial charge in [-0.3, -0.25) is 4.79 Å². The van der Waals surface area contributed by atoms with Crippen LogP contribution in [0.3, 0.4) is 0 Å². The smallest absolute Gasteiger partial charge is 0.231 e. The molecule has 0 aromatic heterocycles. The van der Waals surface area contributed by atoms with Crippen molar-refractivity contribution in [3.63, 3.8) is 0 Å². The molecule has 0 radical (unpaired) electrons. The molecule has 1 aliphatic rings. The van der Waals surface area contributed by atoms with Gasteiger partial charge in [-0.2, -0.15) is 4.31 Å². The number of nitrogens with zero attached hydrogens (tertiary/aromatic N) is 2. The molecule has 0 bridgehead atoms. The minimum Gasteiger partial charge on any atom is -0.454 e. The Bertz CT molecular complexity index is 706. The molecule has 0 saturated heterocycles. The van der Waals surface area contributed by atoms with Crippen LogP contribution in [-0.4, -0.2) is 70.3 Å². The van der Waals surface area contributed by atoms with Crippen molar-refractivity contribution in [3.8, 4) is 11.5 Å². The number of carbonyl (C=O) groups excluding carboxylic acids is 1. The van der Waals surface area contributed by atoms with Crippen LogP contribution in [0.4, 0.5) is 0 Å². The van der Waals surface area contributed by atoms with Gasteiger partial charge in [-0.05, 0) is 31.8 Å². The van der Waals surface area contributed by atoms with Crippen LogP contribution in [0.1, 0.15) is 12.0 Å². The summed E-state index contributed by atoms with van der Waals surface area (Å²) in [6.45, 7) is 1.74. The van der Waals surface area contributed by atoms with E-state index in [-0.39, 0.29) is 32.2 Å². The number of carbonyl (C=O) groups is 1. The van der Waals surface area contributed by atoms with E-state index in [4.69, 9.17) is 9.47 Å². The van der Waals surface area contributed by atoms with Gasteiger partial charge in [0.2, 0.25) is 22.7 Å². The van der Waals surface area contributed by atoms with Gasteiger partial charge in [0, 0.05) is 32.6 Å². The normalized spacial score (nSPS) is 13.5. The molecule has 1 amide bonds. The first-order valence-electron chi connectivity index (χ1n) is 8.01. The van der Waals surface area contributed by atoms with Crippen molar-refractivity contribution in [1.29, 1.82) is 0 Å². The molecule has 0 aliphatic carbocycles. The SMILES string of the molecule is CN(C)CCNC(=O)CCN(Cc1ccc2c(c1)OCO2)S(C)(=O)=O. The van der Waals surface area contributed by atoms with Gasteiger partial charge in [0.25, 0.3) is 0 Å². The third kappa shape index (κ3) is 6.18. The van der Waals surface area contributed by atoms with E-state index in [1.54, 1.807) is 18.2 Å². The zero-order valence-electron chi connectivity index (χ0n) is 14.8. The van der Waals surface area contributed by atoms with Gasteiger partial charge < -0.3 is 19.7 Å². The topological polar surface area (TPSA) is 88.2 Å². The lowest BCUT2D eigenvalue weighted by Gasteiger charge is -2.20. The van der Waals surface area contributed by atoms with E-state index in [0.717, 1.165) is 18.4 Å². The van der Waals surface area contributed by atoms with Crippen LogP contribution >= 0.6 is 0 Å². The Labute approximate surface area is 148 Å². The Balaban J connectivity index is 1.92. The van der Waals surface area contributed by atoms with E-state index in [2.05, 4.69) is 5.32 Å². The number of fused-ring (bicyclic) bond motifs is 1. The first kappa shape index (κ1) is 19.5. The van der Waals surface area contributed by atoms with Crippen LogP contribution in [0.25, 0.3) is 0 Å². The first-order chi connectivity index (χ1) is 11.8. The zero-order chi connectivity index (χ0) is 18.4. The minimum atomic E-state index is -3.43. The fraction of sp³-hybridized carbons (Fsp3) is 0.562. The van der Waals surface area contributed by atoms with E-state index in [9.17, 15) is 13.2 Å². The van der Waals surface area contributed by atoms with Crippen molar-refractivity contribution in [2.75, 3.05) is 46.8 Å². The number of sulfonamides is 1. The number of ether oxygens (including phenoxy) is 2. The van der Waals surface area contributed by atoms with Crippen molar-refractivity contribution >= 4 is 15.9 Å². The monoisotopic (exact) mass is 371 g/mol. The predicted octanol–water partition coefficient (Wildman–Crippen LogP) is 0.245. The van der Waals surface area contributed by atoms with Crippen LogP contribution in [-0.2, 0) is 21.4 Å². The minimum absolute atomic E-state index is 0.116. The summed E-state index contributed by atoms with van der Waals surface area (Å²) in [5.74, 6) is 1.09. The molecule has 9 heteroatoms. The van der Waals surface area contributed by atoms with Crippen LogP contribution in [0.15, 0.2) is 18.2 Å². The second-order valence-corrected chi connectivity index (χ2v) is 8.17. The summed E-state index contributed by atoms with van der Waals surface area (Å²) < 4.78 is 35.9. The molecule has 0 atom stereocenters. The molecule has 0 saturated carbocycles. The predicted molar refractivity (Wildman–Crippen MR) is 94.0 cm³/mol. The summed E-state index contributed by atoms with van der Waals surface area (Å²) in [4.78, 5) is 13.8. The average molecular weight is 371 g/mol. The average Bonchev–Trinajstić information content (AvgIpc) is 2.97. The molecule has 2 rings (SSSR count).